The summed E-state index contributed by atoms with van der Waals surface area (Å²) in [6, 6.07) is 4.00. The van der Waals surface area contributed by atoms with Gasteiger partial charge >= 0.3 is 6.18 Å². The summed E-state index contributed by atoms with van der Waals surface area (Å²) in [5.41, 5.74) is 1.83. The van der Waals surface area contributed by atoms with Crippen LogP contribution in [0.25, 0.3) is 33.5 Å². The molecular formula is C25H26F3N7O. The average molecular weight is 498 g/mol. The van der Waals surface area contributed by atoms with E-state index in [9.17, 15) is 13.2 Å². The van der Waals surface area contributed by atoms with E-state index in [-0.39, 0.29) is 17.7 Å². The smallest absolute Gasteiger partial charge is 0.361 e. The van der Waals surface area contributed by atoms with E-state index in [1.807, 2.05) is 6.92 Å². The van der Waals surface area contributed by atoms with Crippen LogP contribution in [0.3, 0.4) is 0 Å². The van der Waals surface area contributed by atoms with Crippen LogP contribution >= 0.6 is 0 Å². The molecule has 2 N–H and O–H groups in total. The molecule has 11 heteroatoms. The van der Waals surface area contributed by atoms with Crippen LogP contribution in [0.1, 0.15) is 42.7 Å². The fourth-order valence-corrected chi connectivity index (χ4v) is 5.44. The molecule has 0 spiro atoms. The molecule has 188 valence electrons. The SMILES string of the molecule is Cc1noc(C)c1-c1ccc2c(-c3nc(N[C@H]4CCC[C@@H]4N4CCC4)ncc3C(F)(F)F)c[nH]c2n1. The minimum Gasteiger partial charge on any atom is -0.361 e. The molecule has 36 heavy (non-hydrogen) atoms. The lowest BCUT2D eigenvalue weighted by atomic mass is 10.0. The Morgan fingerprint density at radius 3 is 2.64 bits per heavy atom. The Hall–Kier alpha value is -3.47. The van der Waals surface area contributed by atoms with Crippen LogP contribution in [-0.4, -0.2) is 55.2 Å². The van der Waals surface area contributed by atoms with Crippen molar-refractivity contribution in [3.8, 4) is 22.5 Å². The van der Waals surface area contributed by atoms with Crippen LogP contribution in [0, 0.1) is 13.8 Å². The van der Waals surface area contributed by atoms with E-state index < -0.39 is 11.7 Å². The normalized spacial score (nSPS) is 20.7. The van der Waals surface area contributed by atoms with Gasteiger partial charge in [-0.3, -0.25) is 4.90 Å². The maximum absolute atomic E-state index is 14.0. The van der Waals surface area contributed by atoms with Gasteiger partial charge in [0.25, 0.3) is 0 Å². The Morgan fingerprint density at radius 1 is 1.11 bits per heavy atom. The van der Waals surface area contributed by atoms with Gasteiger partial charge in [-0.15, -0.1) is 0 Å². The molecule has 0 aromatic carbocycles. The van der Waals surface area contributed by atoms with Gasteiger partial charge < -0.3 is 14.8 Å². The fraction of sp³-hybridized carbons (Fsp3) is 0.440. The number of aryl methyl sites for hydroxylation is 2. The number of likely N-dealkylation sites (tertiary alicyclic amines) is 1. The molecule has 2 atom stereocenters. The van der Waals surface area contributed by atoms with Crippen LogP contribution in [0.15, 0.2) is 29.0 Å². The Balaban J connectivity index is 1.38. The summed E-state index contributed by atoms with van der Waals surface area (Å²) in [5, 5.41) is 7.84. The van der Waals surface area contributed by atoms with Crippen LogP contribution in [0.2, 0.25) is 0 Å². The zero-order chi connectivity index (χ0) is 25.0. The number of aromatic nitrogens is 5. The van der Waals surface area contributed by atoms with E-state index in [0.29, 0.717) is 39.8 Å². The molecular weight excluding hydrogens is 471 g/mol. The second-order valence-electron chi connectivity index (χ2n) is 9.59. The first-order chi connectivity index (χ1) is 17.3. The highest BCUT2D eigenvalue weighted by molar-refractivity contribution is 5.94. The van der Waals surface area contributed by atoms with Crippen LogP contribution in [-0.2, 0) is 6.18 Å². The third-order valence-corrected chi connectivity index (χ3v) is 7.33. The van der Waals surface area contributed by atoms with Gasteiger partial charge in [-0.05, 0) is 64.8 Å². The highest BCUT2D eigenvalue weighted by Gasteiger charge is 2.38. The molecule has 2 aliphatic rings. The van der Waals surface area contributed by atoms with Gasteiger partial charge in [-0.2, -0.15) is 13.2 Å². The summed E-state index contributed by atoms with van der Waals surface area (Å²) in [4.78, 5) is 18.5. The number of fused-ring (bicyclic) bond motifs is 1. The highest BCUT2D eigenvalue weighted by atomic mass is 19.4. The lowest BCUT2D eigenvalue weighted by Gasteiger charge is -2.39. The fourth-order valence-electron chi connectivity index (χ4n) is 5.44. The Bertz CT molecular complexity index is 1400. The highest BCUT2D eigenvalue weighted by Crippen LogP contribution is 2.39. The Labute approximate surface area is 205 Å². The molecule has 4 aromatic heterocycles. The van der Waals surface area contributed by atoms with Gasteiger partial charge in [0, 0.05) is 35.4 Å². The van der Waals surface area contributed by atoms with Crippen molar-refractivity contribution in [2.45, 2.75) is 57.8 Å². The molecule has 4 aromatic rings. The van der Waals surface area contributed by atoms with Crippen molar-refractivity contribution < 1.29 is 17.7 Å². The van der Waals surface area contributed by atoms with Crippen molar-refractivity contribution in [3.05, 3.63) is 41.5 Å². The quantitative estimate of drug-likeness (QED) is 0.384. The average Bonchev–Trinajstić information content (AvgIpc) is 3.51. The van der Waals surface area contributed by atoms with Crippen molar-refractivity contribution in [1.29, 1.82) is 0 Å². The Kier molecular flexibility index (Phi) is 5.47. The number of alkyl halides is 3. The summed E-state index contributed by atoms with van der Waals surface area (Å²) in [5.74, 6) is 0.838. The van der Waals surface area contributed by atoms with Crippen molar-refractivity contribution in [2.75, 3.05) is 18.4 Å². The molecule has 0 unspecified atom stereocenters. The number of rotatable bonds is 5. The first-order valence-electron chi connectivity index (χ1n) is 12.2. The molecule has 8 nitrogen and oxygen atoms in total. The number of anilines is 1. The second-order valence-corrected chi connectivity index (χ2v) is 9.59. The zero-order valence-corrected chi connectivity index (χ0v) is 20.0. The number of aromatic amines is 1. The molecule has 1 aliphatic heterocycles. The summed E-state index contributed by atoms with van der Waals surface area (Å²) >= 11 is 0. The van der Waals surface area contributed by atoms with E-state index >= 15 is 0 Å². The molecule has 6 rings (SSSR count). The summed E-state index contributed by atoms with van der Waals surface area (Å²) in [6.07, 6.45) is 2.09. The number of H-pyrrole nitrogens is 1. The number of pyridine rings is 1. The molecule has 0 radical (unpaired) electrons. The van der Waals surface area contributed by atoms with Crippen molar-refractivity contribution in [1.82, 2.24) is 30.0 Å². The van der Waals surface area contributed by atoms with E-state index in [1.54, 1.807) is 19.1 Å². The summed E-state index contributed by atoms with van der Waals surface area (Å²) < 4.78 is 47.2. The van der Waals surface area contributed by atoms with Gasteiger partial charge in [0.15, 0.2) is 0 Å². The van der Waals surface area contributed by atoms with Crippen molar-refractivity contribution in [3.63, 3.8) is 0 Å². The van der Waals surface area contributed by atoms with Crippen molar-refractivity contribution >= 4 is 17.0 Å². The molecule has 1 saturated carbocycles. The molecule has 5 heterocycles. The molecule has 1 saturated heterocycles. The van der Waals surface area contributed by atoms with Gasteiger partial charge in [0.2, 0.25) is 5.95 Å². The number of hydrogen-bond acceptors (Lipinski definition) is 7. The lowest BCUT2D eigenvalue weighted by Crippen LogP contribution is -2.50. The number of halogens is 3. The number of nitrogens with one attached hydrogen (secondary N) is 2. The molecule has 0 amide bonds. The predicted molar refractivity (Wildman–Crippen MR) is 128 cm³/mol. The zero-order valence-electron chi connectivity index (χ0n) is 20.0. The second kappa shape index (κ2) is 8.58. The molecule has 0 bridgehead atoms. The third-order valence-electron chi connectivity index (χ3n) is 7.33. The van der Waals surface area contributed by atoms with Gasteiger partial charge in [-0.1, -0.05) is 5.16 Å². The largest absolute Gasteiger partial charge is 0.419 e. The van der Waals surface area contributed by atoms with Crippen molar-refractivity contribution in [2.24, 2.45) is 0 Å². The first kappa shape index (κ1) is 23.0. The van der Waals surface area contributed by atoms with Crippen LogP contribution in [0.5, 0.6) is 0 Å². The lowest BCUT2D eigenvalue weighted by molar-refractivity contribution is -0.137. The van der Waals surface area contributed by atoms with E-state index in [4.69, 9.17) is 4.52 Å². The van der Waals surface area contributed by atoms with Gasteiger partial charge in [0.05, 0.1) is 22.6 Å². The van der Waals surface area contributed by atoms with E-state index in [2.05, 4.69) is 35.3 Å². The summed E-state index contributed by atoms with van der Waals surface area (Å²) in [7, 11) is 0. The van der Waals surface area contributed by atoms with Crippen LogP contribution in [0.4, 0.5) is 19.1 Å². The number of nitrogens with zero attached hydrogens (tertiary/aromatic N) is 5. The standard InChI is InChI=1S/C25H26F3N7O/c1-13-21(14(2)36-34-13)19-8-7-15-16(11-29-23(15)31-19)22-17(25(26,27)28)12-30-24(33-22)32-18-5-3-6-20(18)35-9-4-10-35/h7-8,11-12,18,20H,3-6,9-10H2,1-2H3,(H,29,31)(H,30,32,33)/t18-,20-/m0/s1. The molecule has 1 aliphatic carbocycles. The minimum absolute atomic E-state index is 0.122. The van der Waals surface area contributed by atoms with E-state index in [0.717, 1.165) is 44.1 Å². The monoisotopic (exact) mass is 497 g/mol. The maximum atomic E-state index is 14.0. The first-order valence-corrected chi connectivity index (χ1v) is 12.2. The van der Waals surface area contributed by atoms with Crippen LogP contribution < -0.4 is 5.32 Å². The third kappa shape index (κ3) is 3.91. The van der Waals surface area contributed by atoms with E-state index in [1.165, 1.54) is 12.6 Å². The predicted octanol–water partition coefficient (Wildman–Crippen LogP) is 5.35. The van der Waals surface area contributed by atoms with Gasteiger partial charge in [-0.25, -0.2) is 15.0 Å². The topological polar surface area (TPSA) is 95.8 Å². The van der Waals surface area contributed by atoms with Gasteiger partial charge in [0.1, 0.15) is 17.0 Å². The summed E-state index contributed by atoms with van der Waals surface area (Å²) in [6.45, 7) is 5.75. The maximum Gasteiger partial charge on any atom is 0.419 e. The molecule has 2 fully saturated rings. The Morgan fingerprint density at radius 2 is 1.94 bits per heavy atom. The minimum atomic E-state index is -4.60. The number of hydrogen-bond donors (Lipinski definition) is 2.